The first-order chi connectivity index (χ1) is 10.3. The highest BCUT2D eigenvalue weighted by atomic mass is 16.7. The first-order valence-corrected chi connectivity index (χ1v) is 6.97. The largest absolute Gasteiger partial charge is 0.351 e. The van der Waals surface area contributed by atoms with Crippen molar-refractivity contribution in [2.75, 3.05) is 19.8 Å². The molecule has 0 radical (unpaired) electrons. The Labute approximate surface area is 123 Å². The zero-order valence-corrected chi connectivity index (χ0v) is 12.2. The average molecular weight is 289 g/mol. The number of fused-ring (bicyclic) bond motifs is 1. The fourth-order valence-electron chi connectivity index (χ4n) is 1.98. The van der Waals surface area contributed by atoms with Gasteiger partial charge in [0.1, 0.15) is 5.52 Å². The van der Waals surface area contributed by atoms with E-state index in [0.717, 1.165) is 0 Å². The molecule has 0 fully saturated rings. The molecule has 0 atom stereocenters. The van der Waals surface area contributed by atoms with E-state index in [4.69, 9.17) is 9.47 Å². The minimum absolute atomic E-state index is 0.217. The molecular formula is C15H19N3O3. The Hall–Kier alpha value is -2.05. The maximum absolute atomic E-state index is 12.3. The summed E-state index contributed by atoms with van der Waals surface area (Å²) in [6.07, 6.45) is 2.73. The lowest BCUT2D eigenvalue weighted by Gasteiger charge is -2.17. The van der Waals surface area contributed by atoms with Crippen molar-refractivity contribution in [1.82, 2.24) is 15.3 Å². The third-order valence-corrected chi connectivity index (χ3v) is 2.88. The summed E-state index contributed by atoms with van der Waals surface area (Å²) in [6.45, 7) is 5.11. The van der Waals surface area contributed by atoms with Crippen molar-refractivity contribution in [3.63, 3.8) is 0 Å². The summed E-state index contributed by atoms with van der Waals surface area (Å²) in [4.78, 5) is 20.7. The van der Waals surface area contributed by atoms with E-state index in [1.165, 1.54) is 0 Å². The van der Waals surface area contributed by atoms with Crippen LogP contribution in [-0.2, 0) is 9.47 Å². The van der Waals surface area contributed by atoms with E-state index in [2.05, 4.69) is 15.3 Å². The second-order valence-corrected chi connectivity index (χ2v) is 4.28. The maximum atomic E-state index is 12.3. The number of carbonyl (C=O) groups is 1. The summed E-state index contributed by atoms with van der Waals surface area (Å²) in [7, 11) is 0. The van der Waals surface area contributed by atoms with Crippen LogP contribution in [0.4, 0.5) is 0 Å². The number of hydrogen-bond acceptors (Lipinski definition) is 5. The van der Waals surface area contributed by atoms with Crippen LogP contribution in [0.5, 0.6) is 0 Å². The Morgan fingerprint density at radius 3 is 2.62 bits per heavy atom. The van der Waals surface area contributed by atoms with Gasteiger partial charge < -0.3 is 14.8 Å². The molecule has 1 aromatic carbocycles. The van der Waals surface area contributed by atoms with Gasteiger partial charge in [0.25, 0.3) is 5.91 Å². The Balaban J connectivity index is 2.08. The van der Waals surface area contributed by atoms with Gasteiger partial charge in [0, 0.05) is 25.6 Å². The summed E-state index contributed by atoms with van der Waals surface area (Å²) in [5.41, 5.74) is 1.77. The van der Waals surface area contributed by atoms with Crippen LogP contribution in [0.25, 0.3) is 11.0 Å². The molecule has 0 aliphatic rings. The lowest BCUT2D eigenvalue weighted by molar-refractivity contribution is -0.131. The molecule has 2 aromatic rings. The average Bonchev–Trinajstić information content (AvgIpc) is 2.52. The fraction of sp³-hybridized carbons (Fsp3) is 0.400. The molecule has 0 spiro atoms. The number of aromatic nitrogens is 2. The molecule has 1 aromatic heterocycles. The van der Waals surface area contributed by atoms with E-state index in [9.17, 15) is 4.79 Å². The monoisotopic (exact) mass is 289 g/mol. The lowest BCUT2D eigenvalue weighted by Crippen LogP contribution is -2.35. The smallest absolute Gasteiger partial charge is 0.253 e. The quantitative estimate of drug-likeness (QED) is 0.786. The summed E-state index contributed by atoms with van der Waals surface area (Å²) >= 11 is 0. The van der Waals surface area contributed by atoms with E-state index in [1.807, 2.05) is 19.9 Å². The number of hydrogen-bond donors (Lipinski definition) is 1. The minimum atomic E-state index is -0.440. The molecule has 0 aliphatic heterocycles. The number of nitrogens with one attached hydrogen (secondary N) is 1. The van der Waals surface area contributed by atoms with E-state index < -0.39 is 6.29 Å². The highest BCUT2D eigenvalue weighted by Crippen LogP contribution is 2.13. The SMILES string of the molecule is CCOC(CNC(=O)c1cccc2nccnc12)OCC. The van der Waals surface area contributed by atoms with E-state index >= 15 is 0 Å². The van der Waals surface area contributed by atoms with Gasteiger partial charge >= 0.3 is 0 Å². The third-order valence-electron chi connectivity index (χ3n) is 2.88. The van der Waals surface area contributed by atoms with Crippen LogP contribution in [0.15, 0.2) is 30.6 Å². The predicted molar refractivity (Wildman–Crippen MR) is 78.9 cm³/mol. The van der Waals surface area contributed by atoms with Gasteiger partial charge in [0.2, 0.25) is 0 Å². The molecule has 0 unspecified atom stereocenters. The Kier molecular flexibility index (Phi) is 5.59. The fourth-order valence-corrected chi connectivity index (χ4v) is 1.98. The van der Waals surface area contributed by atoms with Crippen LogP contribution in [-0.4, -0.2) is 41.9 Å². The zero-order chi connectivity index (χ0) is 15.1. The van der Waals surface area contributed by atoms with Gasteiger partial charge in [-0.05, 0) is 26.0 Å². The zero-order valence-electron chi connectivity index (χ0n) is 12.2. The van der Waals surface area contributed by atoms with E-state index in [-0.39, 0.29) is 12.5 Å². The molecule has 0 saturated carbocycles. The molecular weight excluding hydrogens is 270 g/mol. The first kappa shape index (κ1) is 15.3. The number of nitrogens with zero attached hydrogens (tertiary/aromatic N) is 2. The molecule has 6 heteroatoms. The summed E-state index contributed by atoms with van der Waals surface area (Å²) in [5.74, 6) is -0.217. The van der Waals surface area contributed by atoms with Crippen molar-refractivity contribution in [1.29, 1.82) is 0 Å². The van der Waals surface area contributed by atoms with Gasteiger partial charge in [-0.1, -0.05) is 6.07 Å². The Morgan fingerprint density at radius 2 is 1.90 bits per heavy atom. The van der Waals surface area contributed by atoms with Gasteiger partial charge in [-0.25, -0.2) is 0 Å². The number of amides is 1. The molecule has 1 amide bonds. The van der Waals surface area contributed by atoms with Crippen molar-refractivity contribution in [3.8, 4) is 0 Å². The molecule has 21 heavy (non-hydrogen) atoms. The number of carbonyl (C=O) groups excluding carboxylic acids is 1. The second-order valence-electron chi connectivity index (χ2n) is 4.28. The molecule has 2 rings (SSSR count). The standard InChI is InChI=1S/C15H19N3O3/c1-3-20-13(21-4-2)10-18-15(19)11-6-5-7-12-14(11)17-9-8-16-12/h5-9,13H,3-4,10H2,1-2H3,(H,18,19). The number of para-hydroxylation sites is 1. The van der Waals surface area contributed by atoms with Crippen molar-refractivity contribution >= 4 is 16.9 Å². The first-order valence-electron chi connectivity index (χ1n) is 6.97. The molecule has 6 nitrogen and oxygen atoms in total. The molecule has 0 bridgehead atoms. The van der Waals surface area contributed by atoms with Crippen LogP contribution in [0.1, 0.15) is 24.2 Å². The van der Waals surface area contributed by atoms with Crippen LogP contribution < -0.4 is 5.32 Å². The molecule has 112 valence electrons. The Bertz CT molecular complexity index is 592. The number of ether oxygens (including phenoxy) is 2. The van der Waals surface area contributed by atoms with Gasteiger partial charge in [0.05, 0.1) is 17.6 Å². The van der Waals surface area contributed by atoms with Crippen molar-refractivity contribution in [2.24, 2.45) is 0 Å². The Morgan fingerprint density at radius 1 is 1.19 bits per heavy atom. The number of benzene rings is 1. The predicted octanol–water partition coefficient (Wildman–Crippen LogP) is 1.76. The van der Waals surface area contributed by atoms with E-state index in [1.54, 1.807) is 24.5 Å². The van der Waals surface area contributed by atoms with Crippen molar-refractivity contribution in [3.05, 3.63) is 36.2 Å². The molecule has 0 saturated heterocycles. The number of rotatable bonds is 7. The van der Waals surface area contributed by atoms with Gasteiger partial charge in [0.15, 0.2) is 6.29 Å². The second kappa shape index (κ2) is 7.66. The molecule has 1 N–H and O–H groups in total. The van der Waals surface area contributed by atoms with Crippen LogP contribution >= 0.6 is 0 Å². The van der Waals surface area contributed by atoms with E-state index in [0.29, 0.717) is 29.8 Å². The minimum Gasteiger partial charge on any atom is -0.351 e. The molecule has 0 aliphatic carbocycles. The summed E-state index contributed by atoms with van der Waals surface area (Å²) in [5, 5.41) is 2.80. The van der Waals surface area contributed by atoms with Crippen molar-refractivity contribution in [2.45, 2.75) is 20.1 Å². The van der Waals surface area contributed by atoms with Gasteiger partial charge in [-0.3, -0.25) is 14.8 Å². The lowest BCUT2D eigenvalue weighted by atomic mass is 10.1. The van der Waals surface area contributed by atoms with Gasteiger partial charge in [-0.2, -0.15) is 0 Å². The highest BCUT2D eigenvalue weighted by Gasteiger charge is 2.14. The van der Waals surface area contributed by atoms with Gasteiger partial charge in [-0.15, -0.1) is 0 Å². The van der Waals surface area contributed by atoms with Crippen LogP contribution in [0.3, 0.4) is 0 Å². The highest BCUT2D eigenvalue weighted by molar-refractivity contribution is 6.04. The summed E-state index contributed by atoms with van der Waals surface area (Å²) in [6, 6.07) is 5.33. The normalized spacial score (nSPS) is 11.0. The topological polar surface area (TPSA) is 73.3 Å². The van der Waals surface area contributed by atoms with Crippen LogP contribution in [0, 0.1) is 0 Å². The maximum Gasteiger partial charge on any atom is 0.253 e. The summed E-state index contributed by atoms with van der Waals surface area (Å²) < 4.78 is 10.8. The van der Waals surface area contributed by atoms with Crippen molar-refractivity contribution < 1.29 is 14.3 Å². The third kappa shape index (κ3) is 3.96. The van der Waals surface area contributed by atoms with Crippen LogP contribution in [0.2, 0.25) is 0 Å². The molecule has 1 heterocycles.